The maximum atomic E-state index is 11.4. The Hall–Kier alpha value is -1.80. The van der Waals surface area contributed by atoms with Gasteiger partial charge in [-0.1, -0.05) is 30.3 Å². The lowest BCUT2D eigenvalue weighted by Crippen LogP contribution is -2.03. The third-order valence-electron chi connectivity index (χ3n) is 3.84. The second-order valence-electron chi connectivity index (χ2n) is 5.31. The van der Waals surface area contributed by atoms with Crippen LogP contribution in [0.15, 0.2) is 36.4 Å². The number of hydrogen-bond acceptors (Lipinski definition) is 1. The maximum Gasteiger partial charge on any atom is 0.228 e. The summed E-state index contributed by atoms with van der Waals surface area (Å²) in [6.45, 7) is 4.16. The van der Waals surface area contributed by atoms with Gasteiger partial charge in [0.1, 0.15) is 0 Å². The molecule has 20 heavy (non-hydrogen) atoms. The molecule has 0 fully saturated rings. The zero-order valence-electron chi connectivity index (χ0n) is 11.5. The number of rotatable bonds is 2. The number of nitrogens with one attached hydrogen (secondary N) is 1. The van der Waals surface area contributed by atoms with Crippen molar-refractivity contribution in [1.29, 1.82) is 0 Å². The molecule has 1 heterocycles. The van der Waals surface area contributed by atoms with E-state index in [0.717, 1.165) is 22.4 Å². The molecule has 3 rings (SSSR count). The highest BCUT2D eigenvalue weighted by molar-refractivity contribution is 6.23. The van der Waals surface area contributed by atoms with E-state index in [2.05, 4.69) is 31.3 Å². The first-order valence-electron chi connectivity index (χ1n) is 6.69. The molecule has 0 bridgehead atoms. The van der Waals surface area contributed by atoms with Crippen LogP contribution in [0.25, 0.3) is 0 Å². The Morgan fingerprint density at radius 2 is 1.85 bits per heavy atom. The molecule has 0 aromatic heterocycles. The first kappa shape index (κ1) is 13.2. The van der Waals surface area contributed by atoms with Crippen molar-refractivity contribution >= 4 is 23.2 Å². The number of hydrogen-bond donors (Lipinski definition) is 1. The largest absolute Gasteiger partial charge is 0.326 e. The number of halogens is 1. The van der Waals surface area contributed by atoms with Crippen molar-refractivity contribution in [3.05, 3.63) is 64.2 Å². The van der Waals surface area contributed by atoms with E-state index >= 15 is 0 Å². The van der Waals surface area contributed by atoms with E-state index in [9.17, 15) is 4.79 Å². The van der Waals surface area contributed by atoms with Gasteiger partial charge in [0, 0.05) is 5.69 Å². The highest BCUT2D eigenvalue weighted by Gasteiger charge is 2.21. The van der Waals surface area contributed by atoms with Gasteiger partial charge in [-0.2, -0.15) is 0 Å². The molecule has 3 heteroatoms. The molecule has 2 nitrogen and oxygen atoms in total. The van der Waals surface area contributed by atoms with E-state index in [-0.39, 0.29) is 11.3 Å². The van der Waals surface area contributed by atoms with Gasteiger partial charge in [0.15, 0.2) is 0 Å². The summed E-state index contributed by atoms with van der Waals surface area (Å²) in [6, 6.07) is 12.2. The Labute approximate surface area is 123 Å². The molecule has 2 aromatic carbocycles. The molecule has 2 aromatic rings. The highest BCUT2D eigenvalue weighted by Crippen LogP contribution is 2.35. The third-order valence-corrected chi connectivity index (χ3v) is 4.31. The standard InChI is InChI=1S/C17H16ClNO/c1-10-4-3-5-11(2)16(10)17(18)12-6-7-14-13(8-12)9-15(20)19-14/h3-8,17H,9H2,1-2H3,(H,19,20). The maximum absolute atomic E-state index is 11.4. The van der Waals surface area contributed by atoms with E-state index in [1.807, 2.05) is 24.3 Å². The van der Waals surface area contributed by atoms with Gasteiger partial charge in [-0.25, -0.2) is 0 Å². The van der Waals surface area contributed by atoms with Crippen LogP contribution in [0, 0.1) is 13.8 Å². The number of carbonyl (C=O) groups excluding carboxylic acids is 1. The fourth-order valence-electron chi connectivity index (χ4n) is 2.80. The number of fused-ring (bicyclic) bond motifs is 1. The fraction of sp³-hybridized carbons (Fsp3) is 0.235. The summed E-state index contributed by atoms with van der Waals surface area (Å²) in [4.78, 5) is 11.4. The Kier molecular flexibility index (Phi) is 3.27. The van der Waals surface area contributed by atoms with Crippen LogP contribution in [-0.4, -0.2) is 5.91 Å². The summed E-state index contributed by atoms with van der Waals surface area (Å²) >= 11 is 6.67. The molecule has 0 spiro atoms. The van der Waals surface area contributed by atoms with Gasteiger partial charge in [-0.15, -0.1) is 11.6 Å². The first-order valence-corrected chi connectivity index (χ1v) is 7.13. The summed E-state index contributed by atoms with van der Waals surface area (Å²) in [6.07, 6.45) is 0.444. The zero-order valence-corrected chi connectivity index (χ0v) is 12.3. The molecule has 1 unspecified atom stereocenters. The monoisotopic (exact) mass is 285 g/mol. The second-order valence-corrected chi connectivity index (χ2v) is 5.75. The number of amides is 1. The summed E-state index contributed by atoms with van der Waals surface area (Å²) in [5.41, 5.74) is 6.53. The van der Waals surface area contributed by atoms with Crippen molar-refractivity contribution in [2.45, 2.75) is 25.6 Å². The van der Waals surface area contributed by atoms with E-state index in [0.29, 0.717) is 6.42 Å². The van der Waals surface area contributed by atoms with Crippen LogP contribution in [0.2, 0.25) is 0 Å². The summed E-state index contributed by atoms with van der Waals surface area (Å²) in [5, 5.41) is 2.66. The SMILES string of the molecule is Cc1cccc(C)c1C(Cl)c1ccc2c(c1)CC(=O)N2. The molecule has 0 radical (unpaired) electrons. The molecule has 0 aliphatic carbocycles. The molecular weight excluding hydrogens is 270 g/mol. The normalized spacial score (nSPS) is 14.8. The molecule has 1 N–H and O–H groups in total. The summed E-state index contributed by atoms with van der Waals surface area (Å²) in [5.74, 6) is 0.0512. The van der Waals surface area contributed by atoms with Gasteiger partial charge >= 0.3 is 0 Å². The number of benzene rings is 2. The van der Waals surface area contributed by atoms with Crippen molar-refractivity contribution in [2.75, 3.05) is 5.32 Å². The van der Waals surface area contributed by atoms with Crippen LogP contribution < -0.4 is 5.32 Å². The van der Waals surface area contributed by atoms with Crippen molar-refractivity contribution in [2.24, 2.45) is 0 Å². The number of aryl methyl sites for hydroxylation is 2. The topological polar surface area (TPSA) is 29.1 Å². The molecule has 1 aliphatic heterocycles. The molecule has 1 atom stereocenters. The van der Waals surface area contributed by atoms with E-state index in [4.69, 9.17) is 11.6 Å². The number of carbonyl (C=O) groups is 1. The predicted octanol–water partition coefficient (Wildman–Crippen LogP) is 4.13. The Balaban J connectivity index is 2.02. The average Bonchev–Trinajstić information content (AvgIpc) is 2.77. The average molecular weight is 286 g/mol. The Morgan fingerprint density at radius 3 is 2.55 bits per heavy atom. The minimum Gasteiger partial charge on any atom is -0.326 e. The van der Waals surface area contributed by atoms with E-state index in [1.165, 1.54) is 11.1 Å². The van der Waals surface area contributed by atoms with Gasteiger partial charge in [-0.05, 0) is 47.7 Å². The van der Waals surface area contributed by atoms with Gasteiger partial charge < -0.3 is 5.32 Å². The van der Waals surface area contributed by atoms with Gasteiger partial charge in [-0.3, -0.25) is 4.79 Å². The lowest BCUT2D eigenvalue weighted by Gasteiger charge is -2.17. The summed E-state index contributed by atoms with van der Waals surface area (Å²) < 4.78 is 0. The first-order chi connectivity index (χ1) is 9.56. The molecular formula is C17H16ClNO. The molecule has 102 valence electrons. The number of alkyl halides is 1. The zero-order chi connectivity index (χ0) is 14.3. The quantitative estimate of drug-likeness (QED) is 0.826. The molecule has 1 aliphatic rings. The van der Waals surface area contributed by atoms with E-state index < -0.39 is 0 Å². The van der Waals surface area contributed by atoms with Crippen LogP contribution in [0.1, 0.15) is 33.2 Å². The van der Waals surface area contributed by atoms with E-state index in [1.54, 1.807) is 0 Å². The van der Waals surface area contributed by atoms with Crippen LogP contribution in [0.4, 0.5) is 5.69 Å². The fourth-order valence-corrected chi connectivity index (χ4v) is 3.28. The predicted molar refractivity (Wildman–Crippen MR) is 82.4 cm³/mol. The third kappa shape index (κ3) is 2.20. The smallest absolute Gasteiger partial charge is 0.228 e. The van der Waals surface area contributed by atoms with Gasteiger partial charge in [0.2, 0.25) is 5.91 Å². The Morgan fingerprint density at radius 1 is 1.15 bits per heavy atom. The second kappa shape index (κ2) is 4.95. The van der Waals surface area contributed by atoms with Crippen molar-refractivity contribution < 1.29 is 4.79 Å². The molecule has 1 amide bonds. The van der Waals surface area contributed by atoms with Crippen LogP contribution in [0.3, 0.4) is 0 Å². The summed E-state index contributed by atoms with van der Waals surface area (Å²) in [7, 11) is 0. The van der Waals surface area contributed by atoms with Crippen molar-refractivity contribution in [3.63, 3.8) is 0 Å². The molecule has 0 saturated heterocycles. The lowest BCUT2D eigenvalue weighted by atomic mass is 9.94. The molecule has 0 saturated carbocycles. The van der Waals surface area contributed by atoms with Gasteiger partial charge in [0.25, 0.3) is 0 Å². The van der Waals surface area contributed by atoms with Crippen molar-refractivity contribution in [3.8, 4) is 0 Å². The van der Waals surface area contributed by atoms with Crippen molar-refractivity contribution in [1.82, 2.24) is 0 Å². The minimum absolute atomic E-state index is 0.0512. The van der Waals surface area contributed by atoms with Crippen LogP contribution in [0.5, 0.6) is 0 Å². The Bertz CT molecular complexity index is 673. The minimum atomic E-state index is -0.183. The lowest BCUT2D eigenvalue weighted by molar-refractivity contribution is -0.115. The van der Waals surface area contributed by atoms with Gasteiger partial charge in [0.05, 0.1) is 11.8 Å². The van der Waals surface area contributed by atoms with Crippen LogP contribution in [-0.2, 0) is 11.2 Å². The van der Waals surface area contributed by atoms with Crippen LogP contribution >= 0.6 is 11.6 Å². The number of anilines is 1. The highest BCUT2D eigenvalue weighted by atomic mass is 35.5.